The van der Waals surface area contributed by atoms with Crippen LogP contribution in [0.25, 0.3) is 11.6 Å². The zero-order chi connectivity index (χ0) is 19.1. The van der Waals surface area contributed by atoms with Crippen LogP contribution in [-0.4, -0.2) is 0 Å². The van der Waals surface area contributed by atoms with Crippen molar-refractivity contribution in [2.45, 2.75) is 6.61 Å². The number of nitrogens with zero attached hydrogens (tertiary/aromatic N) is 2. The van der Waals surface area contributed by atoms with E-state index in [1.807, 2.05) is 72.8 Å². The Morgan fingerprint density at radius 1 is 0.963 bits per heavy atom. The molecule has 0 amide bonds. The molecule has 130 valence electrons. The van der Waals surface area contributed by atoms with E-state index in [1.54, 1.807) is 6.07 Å². The summed E-state index contributed by atoms with van der Waals surface area (Å²) in [6, 6.07) is 27.0. The summed E-state index contributed by atoms with van der Waals surface area (Å²) in [5, 5.41) is 18.6. The summed E-state index contributed by atoms with van der Waals surface area (Å²) in [4.78, 5) is 0. The summed E-state index contributed by atoms with van der Waals surface area (Å²) in [5.41, 5.74) is 3.82. The van der Waals surface area contributed by atoms with Crippen LogP contribution in [-0.2, 0) is 6.61 Å². The van der Waals surface area contributed by atoms with Crippen LogP contribution in [0.15, 0.2) is 77.3 Å². The largest absolute Gasteiger partial charge is 0.488 e. The second-order valence-electron chi connectivity index (χ2n) is 5.78. The van der Waals surface area contributed by atoms with Crippen LogP contribution < -0.4 is 4.74 Å². The number of rotatable bonds is 5. The molecule has 0 heterocycles. The van der Waals surface area contributed by atoms with Crippen molar-refractivity contribution in [1.82, 2.24) is 0 Å². The topological polar surface area (TPSA) is 56.8 Å². The Kier molecular flexibility index (Phi) is 6.05. The summed E-state index contributed by atoms with van der Waals surface area (Å²) in [6.07, 6.45) is 1.84. The van der Waals surface area contributed by atoms with E-state index in [2.05, 4.69) is 28.1 Å². The molecule has 4 heteroatoms. The van der Waals surface area contributed by atoms with Gasteiger partial charge in [-0.05, 0) is 51.3 Å². The zero-order valence-corrected chi connectivity index (χ0v) is 16.0. The molecule has 0 saturated heterocycles. The van der Waals surface area contributed by atoms with Crippen LogP contribution in [0.5, 0.6) is 5.75 Å². The first kappa shape index (κ1) is 18.5. The number of halogens is 1. The maximum absolute atomic E-state index is 9.44. The Hall–Kier alpha value is -3.34. The predicted octanol–water partition coefficient (Wildman–Crippen LogP) is 5.96. The maximum Gasteiger partial charge on any atom is 0.134 e. The summed E-state index contributed by atoms with van der Waals surface area (Å²) in [7, 11) is 0. The van der Waals surface area contributed by atoms with Gasteiger partial charge in [0.2, 0.25) is 0 Å². The van der Waals surface area contributed by atoms with E-state index in [0.717, 1.165) is 21.2 Å². The molecule has 0 N–H and O–H groups in total. The highest BCUT2D eigenvalue weighted by molar-refractivity contribution is 9.10. The third kappa shape index (κ3) is 4.64. The van der Waals surface area contributed by atoms with Gasteiger partial charge in [-0.2, -0.15) is 10.5 Å². The van der Waals surface area contributed by atoms with Crippen molar-refractivity contribution in [3.63, 3.8) is 0 Å². The number of allylic oxidation sites excluding steroid dienone is 1. The molecule has 3 aromatic carbocycles. The van der Waals surface area contributed by atoms with E-state index >= 15 is 0 Å². The van der Waals surface area contributed by atoms with Crippen LogP contribution in [0.2, 0.25) is 0 Å². The van der Waals surface area contributed by atoms with Crippen molar-refractivity contribution >= 4 is 27.6 Å². The van der Waals surface area contributed by atoms with Gasteiger partial charge < -0.3 is 4.74 Å². The fraction of sp³-hybridized carbons (Fsp3) is 0.0435. The molecular formula is C23H15BrN2O. The molecule has 0 aromatic heterocycles. The van der Waals surface area contributed by atoms with E-state index in [9.17, 15) is 5.26 Å². The SMILES string of the molecule is N#C/C(=C/c1ccc(OCc2ccccc2C#N)c(Br)c1)c1ccccc1. The fourth-order valence-electron chi connectivity index (χ4n) is 2.60. The fourth-order valence-corrected chi connectivity index (χ4v) is 3.11. The van der Waals surface area contributed by atoms with Crippen molar-refractivity contribution in [2.75, 3.05) is 0 Å². The van der Waals surface area contributed by atoms with Crippen molar-refractivity contribution in [3.8, 4) is 17.9 Å². The first-order valence-electron chi connectivity index (χ1n) is 8.29. The smallest absolute Gasteiger partial charge is 0.134 e. The first-order chi connectivity index (χ1) is 13.2. The van der Waals surface area contributed by atoms with Crippen LogP contribution in [0.3, 0.4) is 0 Å². The molecule has 0 aliphatic heterocycles. The van der Waals surface area contributed by atoms with E-state index in [0.29, 0.717) is 23.5 Å². The summed E-state index contributed by atoms with van der Waals surface area (Å²) in [5.74, 6) is 0.679. The molecule has 3 nitrogen and oxygen atoms in total. The van der Waals surface area contributed by atoms with Crippen molar-refractivity contribution in [1.29, 1.82) is 10.5 Å². The van der Waals surface area contributed by atoms with Crippen molar-refractivity contribution < 1.29 is 4.74 Å². The van der Waals surface area contributed by atoms with Gasteiger partial charge in [-0.25, -0.2) is 0 Å². The van der Waals surface area contributed by atoms with Crippen LogP contribution >= 0.6 is 15.9 Å². The van der Waals surface area contributed by atoms with Gasteiger partial charge in [-0.15, -0.1) is 0 Å². The average Bonchev–Trinajstić information content (AvgIpc) is 2.72. The van der Waals surface area contributed by atoms with E-state index in [1.165, 1.54) is 0 Å². The molecule has 3 aromatic rings. The van der Waals surface area contributed by atoms with Crippen LogP contribution in [0.1, 0.15) is 22.3 Å². The van der Waals surface area contributed by atoms with Crippen LogP contribution in [0.4, 0.5) is 0 Å². The molecule has 0 aliphatic carbocycles. The van der Waals surface area contributed by atoms with E-state index in [-0.39, 0.29) is 0 Å². The van der Waals surface area contributed by atoms with Gasteiger partial charge >= 0.3 is 0 Å². The van der Waals surface area contributed by atoms with Gasteiger partial charge in [0, 0.05) is 5.56 Å². The molecule has 0 spiro atoms. The molecule has 0 unspecified atom stereocenters. The lowest BCUT2D eigenvalue weighted by Gasteiger charge is -2.10. The second kappa shape index (κ2) is 8.85. The highest BCUT2D eigenvalue weighted by atomic mass is 79.9. The van der Waals surface area contributed by atoms with Crippen molar-refractivity contribution in [2.24, 2.45) is 0 Å². The highest BCUT2D eigenvalue weighted by Crippen LogP contribution is 2.29. The minimum atomic E-state index is 0.310. The van der Waals surface area contributed by atoms with Gasteiger partial charge in [0.1, 0.15) is 12.4 Å². The monoisotopic (exact) mass is 414 g/mol. The normalized spacial score (nSPS) is 10.7. The average molecular weight is 415 g/mol. The second-order valence-corrected chi connectivity index (χ2v) is 6.64. The minimum Gasteiger partial charge on any atom is -0.488 e. The van der Waals surface area contributed by atoms with Crippen molar-refractivity contribution in [3.05, 3.63) is 99.5 Å². The lowest BCUT2D eigenvalue weighted by Crippen LogP contribution is -1.98. The first-order valence-corrected chi connectivity index (χ1v) is 9.08. The number of hydrogen-bond donors (Lipinski definition) is 0. The lowest BCUT2D eigenvalue weighted by molar-refractivity contribution is 0.304. The Morgan fingerprint density at radius 2 is 1.70 bits per heavy atom. The number of nitriles is 2. The molecule has 0 fully saturated rings. The molecule has 0 bridgehead atoms. The standard InChI is InChI=1S/C23H15BrN2O/c24-22-13-17(12-21(15-26)18-6-2-1-3-7-18)10-11-23(22)27-16-20-9-5-4-8-19(20)14-25/h1-13H,16H2/b21-12-. The van der Waals surface area contributed by atoms with Gasteiger partial charge in [0.25, 0.3) is 0 Å². The van der Waals surface area contributed by atoms with Gasteiger partial charge in [-0.1, -0.05) is 54.6 Å². The summed E-state index contributed by atoms with van der Waals surface area (Å²) in [6.45, 7) is 0.310. The molecule has 0 atom stereocenters. The van der Waals surface area contributed by atoms with Gasteiger partial charge in [0.05, 0.1) is 27.7 Å². The van der Waals surface area contributed by atoms with Gasteiger partial charge in [-0.3, -0.25) is 0 Å². The third-order valence-electron chi connectivity index (χ3n) is 3.99. The lowest BCUT2D eigenvalue weighted by atomic mass is 10.0. The van der Waals surface area contributed by atoms with E-state index < -0.39 is 0 Å². The van der Waals surface area contributed by atoms with Gasteiger partial charge in [0.15, 0.2) is 0 Å². The minimum absolute atomic E-state index is 0.310. The Bertz CT molecular complexity index is 1060. The Morgan fingerprint density at radius 3 is 2.41 bits per heavy atom. The summed E-state index contributed by atoms with van der Waals surface area (Å²) < 4.78 is 6.64. The Labute approximate surface area is 166 Å². The molecule has 0 radical (unpaired) electrons. The maximum atomic E-state index is 9.44. The number of benzene rings is 3. The highest BCUT2D eigenvalue weighted by Gasteiger charge is 2.06. The summed E-state index contributed by atoms with van der Waals surface area (Å²) >= 11 is 3.52. The molecular weight excluding hydrogens is 400 g/mol. The quantitative estimate of drug-likeness (QED) is 0.381. The van der Waals surface area contributed by atoms with Crippen LogP contribution in [0, 0.1) is 22.7 Å². The molecule has 27 heavy (non-hydrogen) atoms. The molecule has 0 aliphatic rings. The Balaban J connectivity index is 1.79. The predicted molar refractivity (Wildman–Crippen MR) is 110 cm³/mol. The molecule has 0 saturated carbocycles. The number of hydrogen-bond acceptors (Lipinski definition) is 3. The third-order valence-corrected chi connectivity index (χ3v) is 4.61. The number of ether oxygens (including phenoxy) is 1. The zero-order valence-electron chi connectivity index (χ0n) is 14.4. The molecule has 3 rings (SSSR count). The van der Waals surface area contributed by atoms with E-state index in [4.69, 9.17) is 10.00 Å².